The van der Waals surface area contributed by atoms with Crippen molar-refractivity contribution in [2.45, 2.75) is 63.6 Å². The number of likely N-dealkylation sites (tertiary alicyclic amines) is 2. The minimum Gasteiger partial charge on any atom is -0.340 e. The van der Waals surface area contributed by atoms with Gasteiger partial charge in [-0.25, -0.2) is 9.78 Å². The number of amides is 3. The fraction of sp³-hybridized carbons (Fsp3) is 0.591. The molecule has 3 aliphatic rings. The Labute approximate surface area is 171 Å². The molecule has 1 aromatic carbocycles. The Morgan fingerprint density at radius 2 is 1.90 bits per heavy atom. The van der Waals surface area contributed by atoms with E-state index in [-0.39, 0.29) is 11.9 Å². The van der Waals surface area contributed by atoms with E-state index in [1.165, 1.54) is 12.8 Å². The van der Waals surface area contributed by atoms with Crippen LogP contribution in [-0.4, -0.2) is 57.0 Å². The number of benzene rings is 1. The average molecular weight is 396 g/mol. The molecule has 5 rings (SSSR count). The van der Waals surface area contributed by atoms with Gasteiger partial charge in [-0.1, -0.05) is 12.1 Å². The van der Waals surface area contributed by atoms with Gasteiger partial charge in [0.15, 0.2) is 0 Å². The van der Waals surface area contributed by atoms with Crippen LogP contribution in [0.15, 0.2) is 24.3 Å². The SMILES string of the molecule is O=C(NCc1nc2ccccc2n1C1CC1)N1CCC[C@H](N2CCCC2=O)CC1. The third-order valence-electron chi connectivity index (χ3n) is 6.51. The molecule has 2 aromatic rings. The van der Waals surface area contributed by atoms with Crippen molar-refractivity contribution in [3.63, 3.8) is 0 Å². The minimum atomic E-state index is -0.0206. The first-order valence-electron chi connectivity index (χ1n) is 11.0. The Morgan fingerprint density at radius 3 is 2.69 bits per heavy atom. The van der Waals surface area contributed by atoms with Crippen LogP contribution in [0.2, 0.25) is 0 Å². The first kappa shape index (κ1) is 18.5. The van der Waals surface area contributed by atoms with E-state index >= 15 is 0 Å². The molecule has 29 heavy (non-hydrogen) atoms. The largest absolute Gasteiger partial charge is 0.340 e. The van der Waals surface area contributed by atoms with Gasteiger partial charge in [-0.3, -0.25) is 4.79 Å². The first-order valence-corrected chi connectivity index (χ1v) is 11.0. The van der Waals surface area contributed by atoms with Crippen LogP contribution in [0.4, 0.5) is 4.79 Å². The normalized spacial score (nSPS) is 22.9. The second-order valence-electron chi connectivity index (χ2n) is 8.54. The zero-order valence-electron chi connectivity index (χ0n) is 16.8. The number of aromatic nitrogens is 2. The highest BCUT2D eigenvalue weighted by Crippen LogP contribution is 2.38. The lowest BCUT2D eigenvalue weighted by molar-refractivity contribution is -0.129. The summed E-state index contributed by atoms with van der Waals surface area (Å²) >= 11 is 0. The van der Waals surface area contributed by atoms with Crippen molar-refractivity contribution in [1.29, 1.82) is 0 Å². The predicted molar refractivity (Wildman–Crippen MR) is 110 cm³/mol. The van der Waals surface area contributed by atoms with Crippen LogP contribution in [0, 0.1) is 0 Å². The number of hydrogen-bond acceptors (Lipinski definition) is 3. The molecule has 3 amide bonds. The molecule has 0 radical (unpaired) electrons. The van der Waals surface area contributed by atoms with E-state index in [2.05, 4.69) is 16.0 Å². The summed E-state index contributed by atoms with van der Waals surface area (Å²) in [7, 11) is 0. The van der Waals surface area contributed by atoms with Crippen molar-refractivity contribution in [2.75, 3.05) is 19.6 Å². The summed E-state index contributed by atoms with van der Waals surface area (Å²) in [4.78, 5) is 33.6. The number of nitrogens with one attached hydrogen (secondary N) is 1. The van der Waals surface area contributed by atoms with Gasteiger partial charge in [-0.05, 0) is 50.7 Å². The van der Waals surface area contributed by atoms with Crippen molar-refractivity contribution in [2.24, 2.45) is 0 Å². The summed E-state index contributed by atoms with van der Waals surface area (Å²) in [5.41, 5.74) is 2.16. The molecule has 3 heterocycles. The third-order valence-corrected chi connectivity index (χ3v) is 6.51. The second kappa shape index (κ2) is 7.69. The number of rotatable bonds is 4. The Morgan fingerprint density at radius 1 is 1.03 bits per heavy atom. The topological polar surface area (TPSA) is 70.5 Å². The number of hydrogen-bond donors (Lipinski definition) is 1. The Kier molecular flexibility index (Phi) is 4.89. The number of carbonyl (C=O) groups excluding carboxylic acids is 2. The van der Waals surface area contributed by atoms with Crippen molar-refractivity contribution in [3.8, 4) is 0 Å². The molecule has 7 heteroatoms. The molecule has 1 aromatic heterocycles. The first-order chi connectivity index (χ1) is 14.2. The van der Waals surface area contributed by atoms with Crippen molar-refractivity contribution < 1.29 is 9.59 Å². The summed E-state index contributed by atoms with van der Waals surface area (Å²) < 4.78 is 2.30. The fourth-order valence-corrected chi connectivity index (χ4v) is 4.87. The van der Waals surface area contributed by atoms with E-state index < -0.39 is 0 Å². The van der Waals surface area contributed by atoms with Gasteiger partial charge in [0.1, 0.15) is 5.82 Å². The highest BCUT2D eigenvalue weighted by molar-refractivity contribution is 5.79. The van der Waals surface area contributed by atoms with E-state index in [0.717, 1.165) is 55.6 Å². The van der Waals surface area contributed by atoms with Crippen molar-refractivity contribution in [1.82, 2.24) is 24.7 Å². The highest BCUT2D eigenvalue weighted by atomic mass is 16.2. The van der Waals surface area contributed by atoms with E-state index in [9.17, 15) is 9.59 Å². The molecule has 154 valence electrons. The lowest BCUT2D eigenvalue weighted by Crippen LogP contribution is -2.41. The molecule has 2 saturated heterocycles. The summed E-state index contributed by atoms with van der Waals surface area (Å²) in [5.74, 6) is 1.23. The predicted octanol–water partition coefficient (Wildman–Crippen LogP) is 3.06. The molecule has 0 spiro atoms. The number of para-hydroxylation sites is 2. The van der Waals surface area contributed by atoms with E-state index in [0.29, 0.717) is 31.6 Å². The molecule has 1 aliphatic carbocycles. The van der Waals surface area contributed by atoms with Crippen LogP contribution in [0.5, 0.6) is 0 Å². The van der Waals surface area contributed by atoms with Gasteiger partial charge in [0, 0.05) is 38.1 Å². The maximum absolute atomic E-state index is 12.8. The highest BCUT2D eigenvalue weighted by Gasteiger charge is 2.31. The molecular formula is C22H29N5O2. The van der Waals surface area contributed by atoms with Gasteiger partial charge < -0.3 is 19.7 Å². The molecule has 0 unspecified atom stereocenters. The van der Waals surface area contributed by atoms with Crippen LogP contribution < -0.4 is 5.32 Å². The molecule has 7 nitrogen and oxygen atoms in total. The van der Waals surface area contributed by atoms with Crippen LogP contribution in [0.3, 0.4) is 0 Å². The zero-order valence-corrected chi connectivity index (χ0v) is 16.8. The molecule has 1 N–H and O–H groups in total. The van der Waals surface area contributed by atoms with Gasteiger partial charge >= 0.3 is 6.03 Å². The lowest BCUT2D eigenvalue weighted by atomic mass is 10.1. The summed E-state index contributed by atoms with van der Waals surface area (Å²) in [5, 5.41) is 3.10. The number of urea groups is 1. The molecule has 0 bridgehead atoms. The number of fused-ring (bicyclic) bond motifs is 1. The third kappa shape index (κ3) is 3.70. The van der Waals surface area contributed by atoms with E-state index in [1.54, 1.807) is 0 Å². The van der Waals surface area contributed by atoms with Crippen LogP contribution in [0.1, 0.15) is 56.8 Å². The number of nitrogens with zero attached hydrogens (tertiary/aromatic N) is 4. The Hall–Kier alpha value is -2.57. The van der Waals surface area contributed by atoms with Crippen molar-refractivity contribution >= 4 is 23.0 Å². The minimum absolute atomic E-state index is 0.0206. The van der Waals surface area contributed by atoms with Crippen LogP contribution in [-0.2, 0) is 11.3 Å². The monoisotopic (exact) mass is 395 g/mol. The molecule has 3 fully saturated rings. The molecular weight excluding hydrogens is 366 g/mol. The van der Waals surface area contributed by atoms with Crippen molar-refractivity contribution in [3.05, 3.63) is 30.1 Å². The summed E-state index contributed by atoms with van der Waals surface area (Å²) in [6.07, 6.45) is 6.84. The number of imidazole rings is 1. The van der Waals surface area contributed by atoms with Gasteiger partial charge in [-0.15, -0.1) is 0 Å². The van der Waals surface area contributed by atoms with E-state index in [4.69, 9.17) is 4.98 Å². The summed E-state index contributed by atoms with van der Waals surface area (Å²) in [6.45, 7) is 2.80. The molecule has 2 aliphatic heterocycles. The fourth-order valence-electron chi connectivity index (χ4n) is 4.87. The van der Waals surface area contributed by atoms with Gasteiger partial charge in [0.25, 0.3) is 0 Å². The van der Waals surface area contributed by atoms with Crippen LogP contribution in [0.25, 0.3) is 11.0 Å². The Bertz CT molecular complexity index is 919. The van der Waals surface area contributed by atoms with Crippen LogP contribution >= 0.6 is 0 Å². The maximum Gasteiger partial charge on any atom is 0.317 e. The van der Waals surface area contributed by atoms with E-state index in [1.807, 2.05) is 28.0 Å². The van der Waals surface area contributed by atoms with Gasteiger partial charge in [-0.2, -0.15) is 0 Å². The number of carbonyl (C=O) groups is 2. The quantitative estimate of drug-likeness (QED) is 0.865. The zero-order chi connectivity index (χ0) is 19.8. The molecule has 1 atom stereocenters. The Balaban J connectivity index is 1.22. The van der Waals surface area contributed by atoms with Gasteiger partial charge in [0.2, 0.25) is 5.91 Å². The smallest absolute Gasteiger partial charge is 0.317 e. The standard InChI is InChI=1S/C22H29N5O2/c28-21-8-4-13-26(21)16-5-3-12-25(14-11-16)22(29)23-15-20-24-18-6-1-2-7-19(18)27(20)17-9-10-17/h1-2,6-7,16-17H,3-5,8-15H2,(H,23,29)/t16-/m0/s1. The molecule has 1 saturated carbocycles. The summed E-state index contributed by atoms with van der Waals surface area (Å²) in [6, 6.07) is 8.99. The van der Waals surface area contributed by atoms with Gasteiger partial charge in [0.05, 0.1) is 17.6 Å². The average Bonchev–Trinajstić information content (AvgIpc) is 3.44. The second-order valence-corrected chi connectivity index (χ2v) is 8.54. The lowest BCUT2D eigenvalue weighted by Gasteiger charge is -2.27. The maximum atomic E-state index is 12.8.